The number of guanidine groups is 1. The van der Waals surface area contributed by atoms with E-state index >= 15 is 0 Å². The van der Waals surface area contributed by atoms with Gasteiger partial charge in [-0.1, -0.05) is 24.2 Å². The number of hydrogen-bond donors (Lipinski definition) is 2. The number of benzene rings is 1. The number of aromatic nitrogens is 2. The minimum atomic E-state index is 0. The molecule has 0 radical (unpaired) electrons. The van der Waals surface area contributed by atoms with Gasteiger partial charge in [-0.3, -0.25) is 9.89 Å². The Hall–Kier alpha value is -1.72. The third kappa shape index (κ3) is 7.84. The highest BCUT2D eigenvalue weighted by Gasteiger charge is 2.09. The molecule has 1 saturated heterocycles. The molecule has 0 unspecified atom stereocenters. The molecule has 0 spiro atoms. The molecule has 1 aliphatic heterocycles. The van der Waals surface area contributed by atoms with Gasteiger partial charge in [-0.05, 0) is 31.0 Å². The lowest BCUT2D eigenvalue weighted by atomic mass is 10.1. The van der Waals surface area contributed by atoms with Crippen molar-refractivity contribution in [3.8, 4) is 11.5 Å². The number of aliphatic imine (C=N–C) groups is 1. The summed E-state index contributed by atoms with van der Waals surface area (Å²) in [5.74, 6) is 2.18. The van der Waals surface area contributed by atoms with Crippen LogP contribution >= 0.6 is 24.0 Å². The maximum Gasteiger partial charge on any atom is 0.257 e. The van der Waals surface area contributed by atoms with E-state index in [1.165, 1.54) is 5.56 Å². The summed E-state index contributed by atoms with van der Waals surface area (Å²) >= 11 is 0. The summed E-state index contributed by atoms with van der Waals surface area (Å²) in [6.07, 6.45) is 1.69. The smallest absolute Gasteiger partial charge is 0.257 e. The van der Waals surface area contributed by atoms with Crippen LogP contribution in [-0.2, 0) is 17.6 Å². The highest BCUT2D eigenvalue weighted by atomic mass is 127. The predicted molar refractivity (Wildman–Crippen MR) is 129 cm³/mol. The van der Waals surface area contributed by atoms with Crippen molar-refractivity contribution < 1.29 is 9.26 Å². The summed E-state index contributed by atoms with van der Waals surface area (Å²) in [6, 6.07) is 8.28. The van der Waals surface area contributed by atoms with E-state index in [-0.39, 0.29) is 24.0 Å². The van der Waals surface area contributed by atoms with E-state index in [1.54, 1.807) is 0 Å². The van der Waals surface area contributed by atoms with Gasteiger partial charge in [0.05, 0.1) is 19.8 Å². The van der Waals surface area contributed by atoms with Gasteiger partial charge in [0.2, 0.25) is 0 Å². The van der Waals surface area contributed by atoms with Crippen LogP contribution in [-0.4, -0.2) is 73.5 Å². The van der Waals surface area contributed by atoms with Crippen molar-refractivity contribution in [2.75, 3.05) is 52.5 Å². The maximum atomic E-state index is 5.39. The van der Waals surface area contributed by atoms with E-state index in [4.69, 9.17) is 9.26 Å². The molecule has 0 amide bonds. The van der Waals surface area contributed by atoms with E-state index in [1.807, 2.05) is 19.1 Å². The molecule has 0 saturated carbocycles. The minimum Gasteiger partial charge on any atom is -0.379 e. The highest BCUT2D eigenvalue weighted by Crippen LogP contribution is 2.18. The SMILES string of the molecule is CCNC(=NCCN1CCOCC1)NCCc1ccc(-c2nc(CC)no2)cc1.I. The monoisotopic (exact) mass is 528 g/mol. The molecule has 1 fully saturated rings. The Morgan fingerprint density at radius 3 is 2.57 bits per heavy atom. The van der Waals surface area contributed by atoms with E-state index in [2.05, 4.69) is 49.7 Å². The fourth-order valence-electron chi connectivity index (χ4n) is 3.12. The summed E-state index contributed by atoms with van der Waals surface area (Å²) in [4.78, 5) is 11.5. The van der Waals surface area contributed by atoms with Crippen molar-refractivity contribution >= 4 is 29.9 Å². The van der Waals surface area contributed by atoms with Crippen LogP contribution in [0.1, 0.15) is 25.2 Å². The zero-order valence-corrected chi connectivity index (χ0v) is 20.2. The molecule has 30 heavy (non-hydrogen) atoms. The number of hydrogen-bond acceptors (Lipinski definition) is 6. The number of morpholine rings is 1. The molecule has 1 aromatic carbocycles. The maximum absolute atomic E-state index is 5.39. The van der Waals surface area contributed by atoms with Crippen LogP contribution in [0.3, 0.4) is 0 Å². The standard InChI is InChI=1S/C21H32N6O2.HI/c1-3-19-25-20(29-26-19)18-7-5-17(6-8-18)9-10-23-21(22-4-2)24-11-12-27-13-15-28-16-14-27;/h5-8H,3-4,9-16H2,1-2H3,(H2,22,23,24);1H. The first-order chi connectivity index (χ1) is 14.3. The third-order valence-electron chi connectivity index (χ3n) is 4.83. The summed E-state index contributed by atoms with van der Waals surface area (Å²) < 4.78 is 10.7. The number of halogens is 1. The molecule has 9 heteroatoms. The quantitative estimate of drug-likeness (QED) is 0.294. The summed E-state index contributed by atoms with van der Waals surface area (Å²) in [5, 5.41) is 10.7. The van der Waals surface area contributed by atoms with Crippen LogP contribution in [0.25, 0.3) is 11.5 Å². The molecule has 8 nitrogen and oxygen atoms in total. The first-order valence-electron chi connectivity index (χ1n) is 10.5. The second-order valence-electron chi connectivity index (χ2n) is 6.96. The van der Waals surface area contributed by atoms with Crippen molar-refractivity contribution in [1.29, 1.82) is 0 Å². The van der Waals surface area contributed by atoms with Crippen LogP contribution in [0.4, 0.5) is 0 Å². The molecule has 2 N–H and O–H groups in total. The summed E-state index contributed by atoms with van der Waals surface area (Å²) in [7, 11) is 0. The molecular formula is C21H33IN6O2. The average molecular weight is 528 g/mol. The van der Waals surface area contributed by atoms with Gasteiger partial charge in [-0.15, -0.1) is 24.0 Å². The lowest BCUT2D eigenvalue weighted by molar-refractivity contribution is 0.0394. The molecule has 166 valence electrons. The van der Waals surface area contributed by atoms with Crippen LogP contribution in [0.5, 0.6) is 0 Å². The van der Waals surface area contributed by atoms with Gasteiger partial charge >= 0.3 is 0 Å². The van der Waals surface area contributed by atoms with Gasteiger partial charge in [-0.25, -0.2) is 0 Å². The third-order valence-corrected chi connectivity index (χ3v) is 4.83. The van der Waals surface area contributed by atoms with E-state index in [9.17, 15) is 0 Å². The number of ether oxygens (including phenoxy) is 1. The van der Waals surface area contributed by atoms with Crippen molar-refractivity contribution in [2.45, 2.75) is 26.7 Å². The predicted octanol–water partition coefficient (Wildman–Crippen LogP) is 2.35. The number of nitrogens with one attached hydrogen (secondary N) is 2. The van der Waals surface area contributed by atoms with Crippen LogP contribution in [0.2, 0.25) is 0 Å². The fourth-order valence-corrected chi connectivity index (χ4v) is 3.12. The van der Waals surface area contributed by atoms with Gasteiger partial charge in [-0.2, -0.15) is 4.98 Å². The zero-order chi connectivity index (χ0) is 20.3. The molecule has 3 rings (SSSR count). The Kier molecular flexibility index (Phi) is 11.1. The second kappa shape index (κ2) is 13.6. The molecule has 2 aromatic rings. The van der Waals surface area contributed by atoms with Gasteiger partial charge < -0.3 is 19.9 Å². The lowest BCUT2D eigenvalue weighted by Gasteiger charge is -2.25. The largest absolute Gasteiger partial charge is 0.379 e. The van der Waals surface area contributed by atoms with Crippen LogP contribution in [0, 0.1) is 0 Å². The van der Waals surface area contributed by atoms with Crippen LogP contribution in [0.15, 0.2) is 33.8 Å². The van der Waals surface area contributed by atoms with E-state index < -0.39 is 0 Å². The van der Waals surface area contributed by atoms with Gasteiger partial charge in [0, 0.05) is 44.7 Å². The van der Waals surface area contributed by atoms with E-state index in [0.29, 0.717) is 5.89 Å². The Balaban J connectivity index is 0.00000320. The van der Waals surface area contributed by atoms with Crippen LogP contribution < -0.4 is 10.6 Å². The molecule has 2 heterocycles. The summed E-state index contributed by atoms with van der Waals surface area (Å²) in [5.41, 5.74) is 2.20. The second-order valence-corrected chi connectivity index (χ2v) is 6.96. The molecule has 0 aliphatic carbocycles. The van der Waals surface area contributed by atoms with Gasteiger partial charge in [0.25, 0.3) is 5.89 Å². The Bertz CT molecular complexity index is 759. The Morgan fingerprint density at radius 1 is 1.13 bits per heavy atom. The van der Waals surface area contributed by atoms with Crippen molar-refractivity contribution in [2.24, 2.45) is 4.99 Å². The van der Waals surface area contributed by atoms with Crippen molar-refractivity contribution in [3.63, 3.8) is 0 Å². The molecule has 1 aromatic heterocycles. The van der Waals surface area contributed by atoms with Gasteiger partial charge in [0.15, 0.2) is 11.8 Å². The van der Waals surface area contributed by atoms with Crippen molar-refractivity contribution in [1.82, 2.24) is 25.7 Å². The zero-order valence-electron chi connectivity index (χ0n) is 17.9. The topological polar surface area (TPSA) is 87.8 Å². The molecule has 0 bridgehead atoms. The lowest BCUT2D eigenvalue weighted by Crippen LogP contribution is -2.40. The van der Waals surface area contributed by atoms with Crippen molar-refractivity contribution in [3.05, 3.63) is 35.7 Å². The molecule has 1 aliphatic rings. The first-order valence-corrected chi connectivity index (χ1v) is 10.5. The molecular weight excluding hydrogens is 495 g/mol. The average Bonchev–Trinajstić information content (AvgIpc) is 3.24. The minimum absolute atomic E-state index is 0. The normalized spacial score (nSPS) is 14.9. The highest BCUT2D eigenvalue weighted by molar-refractivity contribution is 14.0. The Labute approximate surface area is 195 Å². The first kappa shape index (κ1) is 24.5. The fraction of sp³-hybridized carbons (Fsp3) is 0.571. The molecule has 0 atom stereocenters. The number of rotatable bonds is 9. The number of nitrogens with zero attached hydrogens (tertiary/aromatic N) is 4. The summed E-state index contributed by atoms with van der Waals surface area (Å²) in [6.45, 7) is 11.2. The van der Waals surface area contributed by atoms with Gasteiger partial charge in [0.1, 0.15) is 0 Å². The Morgan fingerprint density at radius 2 is 1.90 bits per heavy atom. The van der Waals surface area contributed by atoms with E-state index in [0.717, 1.165) is 82.7 Å². The number of aryl methyl sites for hydroxylation is 1.